The molecule has 0 bridgehead atoms. The largest absolute Gasteiger partial charge is 0.462 e. The van der Waals surface area contributed by atoms with E-state index in [0.717, 1.165) is 44.3 Å². The Bertz CT molecular complexity index is 5510. The van der Waals surface area contributed by atoms with Gasteiger partial charge in [0, 0.05) is 102 Å². The summed E-state index contributed by atoms with van der Waals surface area (Å²) in [6.07, 6.45) is 1.48. The lowest BCUT2D eigenvalue weighted by Gasteiger charge is -2.37. The van der Waals surface area contributed by atoms with E-state index in [9.17, 15) is 58.6 Å². The number of aryl methyl sites for hydroxylation is 1. The van der Waals surface area contributed by atoms with Crippen LogP contribution in [0.2, 0.25) is 0 Å². The van der Waals surface area contributed by atoms with Crippen LogP contribution in [-0.4, -0.2) is 160 Å². The van der Waals surface area contributed by atoms with Crippen LogP contribution in [0, 0.1) is 20.2 Å². The zero-order valence-electron chi connectivity index (χ0n) is 57.9. The van der Waals surface area contributed by atoms with E-state index in [2.05, 4.69) is 12.1 Å². The third-order valence-electron chi connectivity index (χ3n) is 18.9. The lowest BCUT2D eigenvalue weighted by atomic mass is 10.0. The normalized spacial score (nSPS) is 13.8. The summed E-state index contributed by atoms with van der Waals surface area (Å²) < 4.78 is 25.5. The fourth-order valence-electron chi connectivity index (χ4n) is 13.8. The highest BCUT2D eigenvalue weighted by atomic mass is 32.1. The fraction of sp³-hybridized carbons (Fsp3) is 0.247. The highest BCUT2D eigenvalue weighted by Gasteiger charge is 2.36. The number of aromatic nitrogens is 3. The molecule has 0 spiro atoms. The number of piperazine rings is 3. The van der Waals surface area contributed by atoms with Gasteiger partial charge in [0.05, 0.1) is 76.4 Å². The lowest BCUT2D eigenvalue weighted by molar-refractivity contribution is -0.402. The number of thiophene rings is 2. The number of carbonyl (C=O) groups is 5. The molecule has 7 aromatic heterocycles. The van der Waals surface area contributed by atoms with Crippen LogP contribution in [0.4, 0.5) is 28.6 Å². The summed E-state index contributed by atoms with van der Waals surface area (Å²) in [4.78, 5) is 138. The number of esters is 2. The number of nitro groups is 2. The number of carbonyl (C=O) groups excluding carboxylic acids is 5. The number of ether oxygens (including phenoxy) is 2. The van der Waals surface area contributed by atoms with Crippen LogP contribution in [0.25, 0.3) is 43.5 Å². The quantitative estimate of drug-likeness (QED) is 0.0493. The van der Waals surface area contributed by atoms with Gasteiger partial charge >= 0.3 is 29.1 Å². The molecular formula is C77H71N11O16S2. The van der Waals surface area contributed by atoms with Crippen molar-refractivity contribution in [1.29, 1.82) is 0 Å². The number of benzene rings is 5. The lowest BCUT2D eigenvalue weighted by Crippen LogP contribution is -2.49. The summed E-state index contributed by atoms with van der Waals surface area (Å²) >= 11 is 2.92. The third-order valence-corrected chi connectivity index (χ3v) is 20.4. The number of fused-ring (bicyclic) bond motifs is 4. The predicted molar refractivity (Wildman–Crippen MR) is 403 cm³/mol. The van der Waals surface area contributed by atoms with Crippen LogP contribution in [0.1, 0.15) is 76.5 Å². The summed E-state index contributed by atoms with van der Waals surface area (Å²) in [7, 11) is 1.61. The fourth-order valence-corrected chi connectivity index (χ4v) is 15.1. The van der Waals surface area contributed by atoms with Gasteiger partial charge in [-0.2, -0.15) is 11.3 Å². The van der Waals surface area contributed by atoms with Crippen LogP contribution in [0.5, 0.6) is 0 Å². The molecule has 0 atom stereocenters. The van der Waals surface area contributed by atoms with Gasteiger partial charge < -0.3 is 56.8 Å². The molecule has 0 N–H and O–H groups in total. The maximum Gasteiger partial charge on any atom is 0.433 e. The molecular weight excluding hydrogens is 1400 g/mol. The Morgan fingerprint density at radius 2 is 0.991 bits per heavy atom. The molecule has 5 aromatic carbocycles. The molecule has 3 fully saturated rings. The van der Waals surface area contributed by atoms with Crippen LogP contribution in [-0.2, 0) is 29.6 Å². The smallest absolute Gasteiger partial charge is 0.433 e. The van der Waals surface area contributed by atoms with Crippen molar-refractivity contribution in [3.63, 3.8) is 0 Å². The molecule has 0 unspecified atom stereocenters. The molecule has 3 saturated heterocycles. The van der Waals surface area contributed by atoms with E-state index < -0.39 is 55.9 Å². The standard InChI is InChI=1S/C32H29N3O5.C23H20N4O4S2.C22H22N4O7/c1-2-39-32(38)28-29(33-15-17-34(18-16-33)30(36)27-12-7-19-40-27)25-10-5-6-11-26(25)35(31(28)37)21-22-13-14-23-8-3-4-9-24(23)20-22;28-22(19-6-3-12-33-19)25-10-8-24(9-11-25)20-17-4-1-2-5-18(17)26(14-16-7-13-32-15-16)23(29)21(20)27(30)31;1-3-32-22(29)18-19(14-6-4-5-7-15(14)23(2)21(18)28)24-10-12-25(13-11-24)20(27)16-8-9-17(33-16)26(30)31/h3-14,19-20H,2,15-18,21H2,1H3;1-7,12-13,15H,8-11,14H2;4-9H,3,10-13H2,1-2H3. The number of furan rings is 2. The Morgan fingerprint density at radius 1 is 0.481 bits per heavy atom. The number of para-hydroxylation sites is 3. The first kappa shape index (κ1) is 71.9. The minimum atomic E-state index is -0.702. The van der Waals surface area contributed by atoms with Crippen molar-refractivity contribution < 1.29 is 52.1 Å². The zero-order chi connectivity index (χ0) is 74.3. The zero-order valence-corrected chi connectivity index (χ0v) is 59.5. The molecule has 0 radical (unpaired) electrons. The van der Waals surface area contributed by atoms with E-state index in [0.29, 0.717) is 116 Å². The molecule has 3 amide bonds. The molecule has 3 aliphatic rings. The first-order valence-electron chi connectivity index (χ1n) is 34.3. The number of hydrogen-bond donors (Lipinski definition) is 0. The van der Waals surface area contributed by atoms with Crippen molar-refractivity contribution in [2.24, 2.45) is 7.05 Å². The predicted octanol–water partition coefficient (Wildman–Crippen LogP) is 11.2. The number of nitrogens with zero attached hydrogens (tertiary/aromatic N) is 11. The second-order valence-corrected chi connectivity index (χ2v) is 26.8. The highest BCUT2D eigenvalue weighted by molar-refractivity contribution is 7.12. The van der Waals surface area contributed by atoms with Gasteiger partial charge in [-0.05, 0) is 106 Å². The van der Waals surface area contributed by atoms with E-state index in [-0.39, 0.29) is 61.5 Å². The monoisotopic (exact) mass is 1470 g/mol. The molecule has 542 valence electrons. The SMILES string of the molecule is CCOC(=O)c1c(N2CCN(C(=O)c3ccc([N+](=O)[O-])o3)CC2)c2ccccc2n(C)c1=O.CCOC(=O)c1c(N2CCN(C(=O)c3ccco3)CC2)c2ccccc2n(Cc2ccc3ccccc3c2)c1=O.O=C(c1cccs1)N1CCN(c2c([N+](=O)[O-])c(=O)n(Cc3ccsc3)c3ccccc23)CC1. The third kappa shape index (κ3) is 14.6. The summed E-state index contributed by atoms with van der Waals surface area (Å²) in [5.74, 6) is -2.32. The minimum Gasteiger partial charge on any atom is -0.462 e. The Kier molecular flexibility index (Phi) is 21.4. The highest BCUT2D eigenvalue weighted by Crippen LogP contribution is 2.37. The number of pyridine rings is 3. The molecule has 106 heavy (non-hydrogen) atoms. The van der Waals surface area contributed by atoms with Gasteiger partial charge in [0.25, 0.3) is 28.8 Å². The molecule has 3 aliphatic heterocycles. The Hall–Kier alpha value is -12.5. The van der Waals surface area contributed by atoms with Crippen LogP contribution in [0.3, 0.4) is 0 Å². The van der Waals surface area contributed by atoms with Crippen molar-refractivity contribution in [3.05, 3.63) is 270 Å². The Labute approximate surface area is 612 Å². The number of rotatable bonds is 16. The van der Waals surface area contributed by atoms with Crippen molar-refractivity contribution >= 4 is 124 Å². The van der Waals surface area contributed by atoms with E-state index in [1.807, 2.05) is 140 Å². The van der Waals surface area contributed by atoms with E-state index in [4.69, 9.17) is 18.3 Å². The topological polar surface area (TPSA) is 302 Å². The number of amides is 3. The molecule has 10 heterocycles. The average Bonchev–Trinajstić information content (AvgIpc) is 1.33. The minimum absolute atomic E-state index is 0.0205. The van der Waals surface area contributed by atoms with Crippen LogP contribution < -0.4 is 31.4 Å². The Balaban J connectivity index is 0.000000142. The second-order valence-electron chi connectivity index (χ2n) is 25.0. The number of anilines is 3. The summed E-state index contributed by atoms with van der Waals surface area (Å²) in [5.41, 5.74) is 3.42. The first-order chi connectivity index (χ1) is 51.4. The average molecular weight is 1470 g/mol. The van der Waals surface area contributed by atoms with Gasteiger partial charge in [0.15, 0.2) is 11.5 Å². The van der Waals surface area contributed by atoms with Gasteiger partial charge in [-0.3, -0.25) is 53.6 Å². The molecule has 12 aromatic rings. The van der Waals surface area contributed by atoms with Crippen molar-refractivity contribution in [2.45, 2.75) is 26.9 Å². The van der Waals surface area contributed by atoms with Gasteiger partial charge in [-0.25, -0.2) is 9.59 Å². The summed E-state index contributed by atoms with van der Waals surface area (Å²) in [5, 5.41) is 33.0. The molecule has 29 heteroatoms. The summed E-state index contributed by atoms with van der Waals surface area (Å²) in [6, 6.07) is 47.8. The molecule has 27 nitrogen and oxygen atoms in total. The number of hydrogen-bond acceptors (Lipinski definition) is 21. The Morgan fingerprint density at radius 3 is 1.52 bits per heavy atom. The molecule has 0 aliphatic carbocycles. The first-order valence-corrected chi connectivity index (χ1v) is 36.1. The van der Waals surface area contributed by atoms with Gasteiger partial charge in [0.2, 0.25) is 0 Å². The van der Waals surface area contributed by atoms with Crippen LogP contribution >= 0.6 is 22.7 Å². The van der Waals surface area contributed by atoms with Crippen molar-refractivity contribution in [2.75, 3.05) is 106 Å². The van der Waals surface area contributed by atoms with Gasteiger partial charge in [-0.15, -0.1) is 11.3 Å². The van der Waals surface area contributed by atoms with E-state index in [1.165, 1.54) is 49.0 Å². The summed E-state index contributed by atoms with van der Waals surface area (Å²) in [6.45, 7) is 8.96. The van der Waals surface area contributed by atoms with Gasteiger partial charge in [0.1, 0.15) is 21.7 Å². The molecule has 0 saturated carbocycles. The maximum atomic E-state index is 14.1. The maximum absolute atomic E-state index is 14.1. The van der Waals surface area contributed by atoms with Crippen molar-refractivity contribution in [3.8, 4) is 0 Å². The molecule has 15 rings (SSSR count). The van der Waals surface area contributed by atoms with Gasteiger partial charge in [-0.1, -0.05) is 97.1 Å². The second kappa shape index (κ2) is 31.6. The van der Waals surface area contributed by atoms with Crippen LogP contribution in [0.15, 0.2) is 203 Å². The van der Waals surface area contributed by atoms with Crippen molar-refractivity contribution in [1.82, 2.24) is 28.4 Å². The van der Waals surface area contributed by atoms with E-state index in [1.54, 1.807) is 59.5 Å². The van der Waals surface area contributed by atoms with E-state index >= 15 is 0 Å².